The number of Topliss-reactive ketones (excluding diaryl/α,β-unsaturated/α-hetero) is 2. The zero-order valence-electron chi connectivity index (χ0n) is 11.4. The van der Waals surface area contributed by atoms with E-state index < -0.39 is 41.9 Å². The van der Waals surface area contributed by atoms with Crippen LogP contribution in [0, 0.1) is 5.92 Å². The quantitative estimate of drug-likeness (QED) is 0.694. The second kappa shape index (κ2) is 5.41. The van der Waals surface area contributed by atoms with Crippen LogP contribution in [0.15, 0.2) is 0 Å². The molecule has 0 aliphatic carbocycles. The van der Waals surface area contributed by atoms with Gasteiger partial charge in [-0.3, -0.25) is 9.59 Å². The fourth-order valence-electron chi connectivity index (χ4n) is 1.78. The standard InChI is InChI=1S/C12H16F3NO4/c1-11(2,3)20-10(19)16-5-4-7(8(17)6-16)9(18)12(13,14)15/h7H,4-6H2,1-3H3/t7-/m0/s1. The highest BCUT2D eigenvalue weighted by molar-refractivity contribution is 6.06. The minimum atomic E-state index is -5.03. The van der Waals surface area contributed by atoms with E-state index >= 15 is 0 Å². The molecule has 1 saturated heterocycles. The van der Waals surface area contributed by atoms with E-state index in [-0.39, 0.29) is 13.0 Å². The molecule has 0 N–H and O–H groups in total. The van der Waals surface area contributed by atoms with E-state index in [1.807, 2.05) is 0 Å². The predicted octanol–water partition coefficient (Wildman–Crippen LogP) is 1.94. The fourth-order valence-corrected chi connectivity index (χ4v) is 1.78. The zero-order chi connectivity index (χ0) is 15.7. The predicted molar refractivity (Wildman–Crippen MR) is 62.0 cm³/mol. The lowest BCUT2D eigenvalue weighted by Crippen LogP contribution is -2.50. The molecule has 114 valence electrons. The smallest absolute Gasteiger partial charge is 0.444 e. The Kier molecular flexibility index (Phi) is 4.45. The molecule has 0 radical (unpaired) electrons. The van der Waals surface area contributed by atoms with Gasteiger partial charge in [0.25, 0.3) is 0 Å². The molecule has 1 aliphatic heterocycles. The SMILES string of the molecule is CC(C)(C)OC(=O)N1CC[C@H](C(=O)C(F)(F)F)C(=O)C1. The number of nitrogens with zero attached hydrogens (tertiary/aromatic N) is 1. The highest BCUT2D eigenvalue weighted by atomic mass is 19.4. The molecule has 1 amide bonds. The highest BCUT2D eigenvalue weighted by Crippen LogP contribution is 2.26. The van der Waals surface area contributed by atoms with Crippen LogP contribution in [0.3, 0.4) is 0 Å². The summed E-state index contributed by atoms with van der Waals surface area (Å²) in [5.74, 6) is -4.68. The van der Waals surface area contributed by atoms with Gasteiger partial charge in [-0.2, -0.15) is 13.2 Å². The van der Waals surface area contributed by atoms with Gasteiger partial charge in [-0.05, 0) is 27.2 Å². The topological polar surface area (TPSA) is 63.7 Å². The van der Waals surface area contributed by atoms with Crippen molar-refractivity contribution in [3.8, 4) is 0 Å². The summed E-state index contributed by atoms with van der Waals surface area (Å²) in [6.45, 7) is 4.24. The summed E-state index contributed by atoms with van der Waals surface area (Å²) in [5, 5.41) is 0. The third-order valence-corrected chi connectivity index (χ3v) is 2.67. The number of ether oxygens (including phenoxy) is 1. The van der Waals surface area contributed by atoms with Crippen molar-refractivity contribution in [2.24, 2.45) is 5.92 Å². The first-order valence-electron chi connectivity index (χ1n) is 6.03. The lowest BCUT2D eigenvalue weighted by Gasteiger charge is -2.32. The number of ketones is 2. The minimum Gasteiger partial charge on any atom is -0.444 e. The molecule has 0 spiro atoms. The molecule has 0 aromatic carbocycles. The third-order valence-electron chi connectivity index (χ3n) is 2.67. The number of hydrogen-bond acceptors (Lipinski definition) is 4. The van der Waals surface area contributed by atoms with Crippen molar-refractivity contribution in [2.45, 2.75) is 39.0 Å². The van der Waals surface area contributed by atoms with Gasteiger partial charge in [0.15, 0.2) is 5.78 Å². The fraction of sp³-hybridized carbons (Fsp3) is 0.750. The molecule has 1 heterocycles. The first-order valence-corrected chi connectivity index (χ1v) is 6.03. The Morgan fingerprint density at radius 2 is 1.80 bits per heavy atom. The Labute approximate surface area is 114 Å². The van der Waals surface area contributed by atoms with Gasteiger partial charge < -0.3 is 9.64 Å². The van der Waals surface area contributed by atoms with Crippen molar-refractivity contribution in [1.29, 1.82) is 0 Å². The van der Waals surface area contributed by atoms with Crippen molar-refractivity contribution in [3.05, 3.63) is 0 Å². The molecule has 8 heteroatoms. The first-order chi connectivity index (χ1) is 8.92. The van der Waals surface area contributed by atoms with Crippen LogP contribution in [0.2, 0.25) is 0 Å². The number of halogens is 3. The van der Waals surface area contributed by atoms with E-state index in [0.717, 1.165) is 4.90 Å². The molecule has 0 aromatic heterocycles. The van der Waals surface area contributed by atoms with Crippen molar-refractivity contribution < 1.29 is 32.3 Å². The van der Waals surface area contributed by atoms with E-state index in [0.29, 0.717) is 0 Å². The summed E-state index contributed by atoms with van der Waals surface area (Å²) in [4.78, 5) is 35.3. The molecule has 0 bridgehead atoms. The maximum atomic E-state index is 12.3. The van der Waals surface area contributed by atoms with Gasteiger partial charge in [0.2, 0.25) is 5.78 Å². The van der Waals surface area contributed by atoms with E-state index in [1.54, 1.807) is 20.8 Å². The van der Waals surface area contributed by atoms with E-state index in [2.05, 4.69) is 0 Å². The van der Waals surface area contributed by atoms with Crippen LogP contribution in [0.5, 0.6) is 0 Å². The molecule has 0 unspecified atom stereocenters. The van der Waals surface area contributed by atoms with Gasteiger partial charge in [-0.1, -0.05) is 0 Å². The van der Waals surface area contributed by atoms with E-state index in [9.17, 15) is 27.6 Å². The number of rotatable bonds is 1. The summed E-state index contributed by atoms with van der Waals surface area (Å²) >= 11 is 0. The largest absolute Gasteiger partial charge is 0.450 e. The lowest BCUT2D eigenvalue weighted by atomic mass is 9.91. The number of likely N-dealkylation sites (tertiary alicyclic amines) is 1. The number of carbonyl (C=O) groups excluding carboxylic acids is 3. The van der Waals surface area contributed by atoms with Crippen LogP contribution in [-0.4, -0.2) is 47.4 Å². The molecular formula is C12H16F3NO4. The van der Waals surface area contributed by atoms with Crippen molar-refractivity contribution in [1.82, 2.24) is 4.90 Å². The van der Waals surface area contributed by atoms with Crippen LogP contribution in [0.1, 0.15) is 27.2 Å². The average Bonchev–Trinajstić information content (AvgIpc) is 2.24. The summed E-state index contributed by atoms with van der Waals surface area (Å²) < 4.78 is 41.9. The van der Waals surface area contributed by atoms with E-state index in [4.69, 9.17) is 4.74 Å². The van der Waals surface area contributed by atoms with Gasteiger partial charge in [0, 0.05) is 6.54 Å². The van der Waals surface area contributed by atoms with Crippen LogP contribution in [0.25, 0.3) is 0 Å². The number of alkyl halides is 3. The molecule has 1 atom stereocenters. The minimum absolute atomic E-state index is 0.118. The second-order valence-corrected chi connectivity index (χ2v) is 5.57. The summed E-state index contributed by atoms with van der Waals surface area (Å²) in [7, 11) is 0. The maximum Gasteiger partial charge on any atom is 0.450 e. The van der Waals surface area contributed by atoms with E-state index in [1.165, 1.54) is 0 Å². The Bertz CT molecular complexity index is 425. The summed E-state index contributed by atoms with van der Waals surface area (Å²) in [6, 6.07) is 0. The molecule has 0 saturated carbocycles. The number of amides is 1. The first kappa shape index (κ1) is 16.5. The van der Waals surface area contributed by atoms with Crippen LogP contribution in [-0.2, 0) is 14.3 Å². The van der Waals surface area contributed by atoms with Crippen molar-refractivity contribution in [2.75, 3.05) is 13.1 Å². The molecule has 1 fully saturated rings. The molecule has 0 aromatic rings. The number of carbonyl (C=O) groups is 3. The normalized spacial score (nSPS) is 20.8. The molecule has 1 rings (SSSR count). The third kappa shape index (κ3) is 4.21. The zero-order valence-corrected chi connectivity index (χ0v) is 11.4. The van der Waals surface area contributed by atoms with Gasteiger partial charge in [0.05, 0.1) is 12.5 Å². The summed E-state index contributed by atoms with van der Waals surface area (Å²) in [5.41, 5.74) is -0.765. The molecule has 1 aliphatic rings. The second-order valence-electron chi connectivity index (χ2n) is 5.57. The Hall–Kier alpha value is -1.60. The highest BCUT2D eigenvalue weighted by Gasteiger charge is 2.48. The number of hydrogen-bond donors (Lipinski definition) is 0. The summed E-state index contributed by atoms with van der Waals surface area (Å²) in [6.07, 6.45) is -6.14. The number of piperidine rings is 1. The van der Waals surface area contributed by atoms with Crippen LogP contribution in [0.4, 0.5) is 18.0 Å². The van der Waals surface area contributed by atoms with Crippen molar-refractivity contribution in [3.63, 3.8) is 0 Å². The van der Waals surface area contributed by atoms with Gasteiger partial charge in [-0.15, -0.1) is 0 Å². The molecule has 5 nitrogen and oxygen atoms in total. The Balaban J connectivity index is 2.67. The Morgan fingerprint density at radius 1 is 1.25 bits per heavy atom. The van der Waals surface area contributed by atoms with Crippen LogP contribution < -0.4 is 0 Å². The maximum absolute atomic E-state index is 12.3. The monoisotopic (exact) mass is 295 g/mol. The van der Waals surface area contributed by atoms with Gasteiger partial charge in [0.1, 0.15) is 5.60 Å². The molecular weight excluding hydrogens is 279 g/mol. The van der Waals surface area contributed by atoms with Crippen molar-refractivity contribution >= 4 is 17.7 Å². The average molecular weight is 295 g/mol. The molecule has 20 heavy (non-hydrogen) atoms. The lowest BCUT2D eigenvalue weighted by molar-refractivity contribution is -0.178. The Morgan fingerprint density at radius 3 is 2.20 bits per heavy atom. The van der Waals surface area contributed by atoms with Crippen LogP contribution >= 0.6 is 0 Å². The van der Waals surface area contributed by atoms with Gasteiger partial charge in [-0.25, -0.2) is 4.79 Å². The van der Waals surface area contributed by atoms with Gasteiger partial charge >= 0.3 is 12.3 Å².